The molecule has 2 atom stereocenters. The van der Waals surface area contributed by atoms with Crippen LogP contribution in [-0.2, 0) is 0 Å². The van der Waals surface area contributed by atoms with Crippen molar-refractivity contribution >= 4 is 0 Å². The highest BCUT2D eigenvalue weighted by Gasteiger charge is 2.38. The number of rotatable bonds is 2. The fourth-order valence-electron chi connectivity index (χ4n) is 3.11. The van der Waals surface area contributed by atoms with Crippen LogP contribution >= 0.6 is 0 Å². The van der Waals surface area contributed by atoms with Gasteiger partial charge < -0.3 is 10.6 Å². The summed E-state index contributed by atoms with van der Waals surface area (Å²) in [7, 11) is 2.24. The van der Waals surface area contributed by atoms with E-state index in [2.05, 4.69) is 30.7 Å². The molecule has 2 aliphatic heterocycles. The van der Waals surface area contributed by atoms with Crippen LogP contribution in [0.15, 0.2) is 0 Å². The molecular weight excluding hydrogens is 186 g/mol. The molecule has 0 spiro atoms. The third kappa shape index (κ3) is 2.71. The molecular formula is C12H25N3. The fourth-order valence-corrected chi connectivity index (χ4v) is 3.11. The standard InChI is InChI=1S/C12H25N3/c1-12(2,13)9-15-7-5-10-4-6-14(3)8-11(10)15/h10-11H,4-9,13H2,1-3H3. The quantitative estimate of drug-likeness (QED) is 0.731. The van der Waals surface area contributed by atoms with Gasteiger partial charge in [-0.25, -0.2) is 0 Å². The van der Waals surface area contributed by atoms with E-state index in [1.807, 2.05) is 0 Å². The molecule has 88 valence electrons. The Kier molecular flexibility index (Phi) is 3.06. The summed E-state index contributed by atoms with van der Waals surface area (Å²) >= 11 is 0. The van der Waals surface area contributed by atoms with Gasteiger partial charge in [-0.1, -0.05) is 0 Å². The summed E-state index contributed by atoms with van der Waals surface area (Å²) in [6, 6.07) is 0.770. The van der Waals surface area contributed by atoms with Gasteiger partial charge in [0.15, 0.2) is 0 Å². The lowest BCUT2D eigenvalue weighted by Crippen LogP contribution is -2.52. The topological polar surface area (TPSA) is 32.5 Å². The molecule has 2 heterocycles. The minimum absolute atomic E-state index is 0.0507. The van der Waals surface area contributed by atoms with Crippen LogP contribution < -0.4 is 5.73 Å². The van der Waals surface area contributed by atoms with Gasteiger partial charge >= 0.3 is 0 Å². The Balaban J connectivity index is 1.97. The van der Waals surface area contributed by atoms with Crippen LogP contribution in [0, 0.1) is 5.92 Å². The summed E-state index contributed by atoms with van der Waals surface area (Å²) in [6.07, 6.45) is 2.76. The van der Waals surface area contributed by atoms with Crippen molar-refractivity contribution in [1.82, 2.24) is 9.80 Å². The van der Waals surface area contributed by atoms with E-state index < -0.39 is 0 Å². The largest absolute Gasteiger partial charge is 0.324 e. The summed E-state index contributed by atoms with van der Waals surface area (Å²) < 4.78 is 0. The van der Waals surface area contributed by atoms with Gasteiger partial charge in [0, 0.05) is 24.7 Å². The molecule has 3 nitrogen and oxygen atoms in total. The molecule has 0 aliphatic carbocycles. The zero-order valence-electron chi connectivity index (χ0n) is 10.4. The van der Waals surface area contributed by atoms with Crippen molar-refractivity contribution in [2.24, 2.45) is 11.7 Å². The van der Waals surface area contributed by atoms with E-state index in [0.29, 0.717) is 0 Å². The summed E-state index contributed by atoms with van der Waals surface area (Å²) in [5.74, 6) is 0.934. The summed E-state index contributed by atoms with van der Waals surface area (Å²) in [6.45, 7) is 9.08. The molecule has 2 unspecified atom stereocenters. The minimum Gasteiger partial charge on any atom is -0.324 e. The number of likely N-dealkylation sites (N-methyl/N-ethyl adjacent to an activating group) is 1. The maximum atomic E-state index is 6.12. The number of hydrogen-bond acceptors (Lipinski definition) is 3. The highest BCUT2D eigenvalue weighted by Crippen LogP contribution is 2.31. The minimum atomic E-state index is -0.0507. The smallest absolute Gasteiger partial charge is 0.0252 e. The van der Waals surface area contributed by atoms with E-state index >= 15 is 0 Å². The van der Waals surface area contributed by atoms with Crippen LogP contribution in [-0.4, -0.2) is 54.6 Å². The molecule has 0 aromatic heterocycles. The van der Waals surface area contributed by atoms with Crippen LogP contribution in [0.4, 0.5) is 0 Å². The first-order chi connectivity index (χ1) is 6.96. The Morgan fingerprint density at radius 1 is 1.27 bits per heavy atom. The number of piperidine rings is 1. The fraction of sp³-hybridized carbons (Fsp3) is 1.00. The van der Waals surface area contributed by atoms with Crippen molar-refractivity contribution < 1.29 is 0 Å². The Morgan fingerprint density at radius 3 is 2.60 bits per heavy atom. The first kappa shape index (κ1) is 11.4. The van der Waals surface area contributed by atoms with Crippen LogP contribution in [0.1, 0.15) is 26.7 Å². The highest BCUT2D eigenvalue weighted by molar-refractivity contribution is 4.94. The highest BCUT2D eigenvalue weighted by atomic mass is 15.3. The van der Waals surface area contributed by atoms with Gasteiger partial charge in [-0.15, -0.1) is 0 Å². The zero-order valence-corrected chi connectivity index (χ0v) is 10.4. The second-order valence-corrected chi connectivity index (χ2v) is 6.13. The van der Waals surface area contributed by atoms with Gasteiger partial charge in [-0.3, -0.25) is 4.90 Å². The third-order valence-corrected chi connectivity index (χ3v) is 3.79. The first-order valence-electron chi connectivity index (χ1n) is 6.17. The lowest BCUT2D eigenvalue weighted by Gasteiger charge is -2.38. The van der Waals surface area contributed by atoms with Gasteiger partial charge in [-0.05, 0) is 52.7 Å². The normalized spacial score (nSPS) is 34.4. The summed E-state index contributed by atoms with van der Waals surface area (Å²) in [4.78, 5) is 5.07. The van der Waals surface area contributed by atoms with E-state index in [-0.39, 0.29) is 5.54 Å². The summed E-state index contributed by atoms with van der Waals surface area (Å²) in [5, 5.41) is 0. The molecule has 0 saturated carbocycles. The van der Waals surface area contributed by atoms with Crippen molar-refractivity contribution in [3.05, 3.63) is 0 Å². The first-order valence-corrected chi connectivity index (χ1v) is 6.17. The van der Waals surface area contributed by atoms with E-state index in [1.165, 1.54) is 32.5 Å². The maximum absolute atomic E-state index is 6.12. The predicted octanol–water partition coefficient (Wildman–Crippen LogP) is 0.750. The van der Waals surface area contributed by atoms with Gasteiger partial charge in [0.25, 0.3) is 0 Å². The SMILES string of the molecule is CN1CCC2CCN(CC(C)(C)N)C2C1. The Morgan fingerprint density at radius 2 is 1.93 bits per heavy atom. The van der Waals surface area contributed by atoms with Crippen molar-refractivity contribution in [2.75, 3.05) is 33.2 Å². The Hall–Kier alpha value is -0.120. The molecule has 15 heavy (non-hydrogen) atoms. The van der Waals surface area contributed by atoms with Crippen LogP contribution in [0.25, 0.3) is 0 Å². The lowest BCUT2D eigenvalue weighted by molar-refractivity contribution is 0.110. The molecule has 2 saturated heterocycles. The molecule has 0 radical (unpaired) electrons. The van der Waals surface area contributed by atoms with E-state index in [4.69, 9.17) is 5.73 Å². The van der Waals surface area contributed by atoms with Gasteiger partial charge in [0.05, 0.1) is 0 Å². The molecule has 2 aliphatic rings. The van der Waals surface area contributed by atoms with Crippen LogP contribution in [0.3, 0.4) is 0 Å². The molecule has 0 aromatic rings. The molecule has 3 heteroatoms. The number of hydrogen-bond donors (Lipinski definition) is 1. The monoisotopic (exact) mass is 211 g/mol. The third-order valence-electron chi connectivity index (χ3n) is 3.79. The number of fused-ring (bicyclic) bond motifs is 1. The van der Waals surface area contributed by atoms with E-state index in [9.17, 15) is 0 Å². The van der Waals surface area contributed by atoms with Crippen molar-refractivity contribution in [2.45, 2.75) is 38.3 Å². The molecule has 0 bridgehead atoms. The second-order valence-electron chi connectivity index (χ2n) is 6.13. The molecule has 0 aromatic carbocycles. The average molecular weight is 211 g/mol. The average Bonchev–Trinajstić information content (AvgIpc) is 2.46. The van der Waals surface area contributed by atoms with Crippen molar-refractivity contribution in [3.8, 4) is 0 Å². The molecule has 2 rings (SSSR count). The molecule has 2 fully saturated rings. The maximum Gasteiger partial charge on any atom is 0.0252 e. The number of likely N-dealkylation sites (tertiary alicyclic amines) is 2. The number of nitrogens with zero attached hydrogens (tertiary/aromatic N) is 2. The Bertz CT molecular complexity index is 221. The summed E-state index contributed by atoms with van der Waals surface area (Å²) in [5.41, 5.74) is 6.07. The number of nitrogens with two attached hydrogens (primary N) is 1. The lowest BCUT2D eigenvalue weighted by atomic mass is 9.92. The van der Waals surface area contributed by atoms with E-state index in [1.54, 1.807) is 0 Å². The van der Waals surface area contributed by atoms with Gasteiger partial charge in [0.2, 0.25) is 0 Å². The van der Waals surface area contributed by atoms with Crippen LogP contribution in [0.2, 0.25) is 0 Å². The zero-order chi connectivity index (χ0) is 11.1. The second kappa shape index (κ2) is 4.04. The molecule has 2 N–H and O–H groups in total. The van der Waals surface area contributed by atoms with E-state index in [0.717, 1.165) is 18.5 Å². The Labute approximate surface area is 93.6 Å². The van der Waals surface area contributed by atoms with Crippen molar-refractivity contribution in [1.29, 1.82) is 0 Å². The van der Waals surface area contributed by atoms with Gasteiger partial charge in [-0.2, -0.15) is 0 Å². The van der Waals surface area contributed by atoms with Crippen LogP contribution in [0.5, 0.6) is 0 Å². The predicted molar refractivity (Wildman–Crippen MR) is 63.8 cm³/mol. The van der Waals surface area contributed by atoms with Crippen molar-refractivity contribution in [3.63, 3.8) is 0 Å². The molecule has 0 amide bonds. The van der Waals surface area contributed by atoms with Gasteiger partial charge in [0.1, 0.15) is 0 Å².